The van der Waals surface area contributed by atoms with E-state index in [4.69, 9.17) is 0 Å². The molecular weight excluding hydrogens is 731 g/mol. The van der Waals surface area contributed by atoms with Crippen LogP contribution in [0.25, 0.3) is 0 Å². The fraction of sp³-hybridized carbons (Fsp3) is 0.830. The molecule has 5 N–H and O–H groups in total. The van der Waals surface area contributed by atoms with Gasteiger partial charge in [-0.2, -0.15) is 0 Å². The molecule has 0 bridgehead atoms. The van der Waals surface area contributed by atoms with Gasteiger partial charge in [0.25, 0.3) is 0 Å². The summed E-state index contributed by atoms with van der Waals surface area (Å²) < 4.78 is 0. The summed E-state index contributed by atoms with van der Waals surface area (Å²) in [6, 6.07) is -1.02. The minimum Gasteiger partial charge on any atom is -0.394 e. The van der Waals surface area contributed by atoms with Gasteiger partial charge < -0.3 is 25.7 Å². The quantitative estimate of drug-likeness (QED) is 0.0310. The van der Waals surface area contributed by atoms with E-state index in [0.717, 1.165) is 64.2 Å². The van der Waals surface area contributed by atoms with Gasteiger partial charge in [-0.25, -0.2) is 0 Å². The lowest BCUT2D eigenvalue weighted by molar-refractivity contribution is -0.132. The summed E-state index contributed by atoms with van der Waals surface area (Å²) in [7, 11) is 0. The van der Waals surface area contributed by atoms with E-state index in [0.29, 0.717) is 19.3 Å². The number of carbonyl (C=O) groups is 1. The number of carbonyl (C=O) groups excluding carboxylic acids is 1. The summed E-state index contributed by atoms with van der Waals surface area (Å²) in [6.07, 6.45) is 58.7. The van der Waals surface area contributed by atoms with Crippen LogP contribution in [0.15, 0.2) is 48.6 Å². The van der Waals surface area contributed by atoms with Crippen molar-refractivity contribution in [2.24, 2.45) is 0 Å². The topological polar surface area (TPSA) is 110 Å². The van der Waals surface area contributed by atoms with Crippen molar-refractivity contribution in [2.75, 3.05) is 6.61 Å². The smallest absolute Gasteiger partial charge is 0.249 e. The molecule has 0 heterocycles. The van der Waals surface area contributed by atoms with Crippen LogP contribution in [0.3, 0.4) is 0 Å². The van der Waals surface area contributed by atoms with Gasteiger partial charge in [-0.15, -0.1) is 0 Å². The molecule has 0 aromatic carbocycles. The highest BCUT2D eigenvalue weighted by atomic mass is 16.3. The molecule has 0 saturated heterocycles. The van der Waals surface area contributed by atoms with Crippen LogP contribution in [0, 0.1) is 0 Å². The number of amides is 1. The lowest BCUT2D eigenvalue weighted by Crippen LogP contribution is -2.53. The Hall–Kier alpha value is -1.73. The molecular formula is C53H99NO5. The van der Waals surface area contributed by atoms with Crippen LogP contribution in [0.5, 0.6) is 0 Å². The maximum atomic E-state index is 12.6. The molecule has 4 atom stereocenters. The van der Waals surface area contributed by atoms with Gasteiger partial charge in [-0.1, -0.05) is 210 Å². The van der Waals surface area contributed by atoms with Crippen molar-refractivity contribution >= 4 is 5.91 Å². The van der Waals surface area contributed by atoms with Gasteiger partial charge in [0.1, 0.15) is 12.2 Å². The second kappa shape index (κ2) is 47.3. The number of unbranched alkanes of at least 4 members (excludes halogenated alkanes) is 29. The normalized spacial score (nSPS) is 14.3. The third kappa shape index (κ3) is 41.4. The minimum atomic E-state index is -1.30. The van der Waals surface area contributed by atoms with Crippen LogP contribution in [0.1, 0.15) is 251 Å². The van der Waals surface area contributed by atoms with E-state index in [1.54, 1.807) is 0 Å². The van der Waals surface area contributed by atoms with E-state index < -0.39 is 36.9 Å². The molecule has 4 unspecified atom stereocenters. The molecule has 6 nitrogen and oxygen atoms in total. The van der Waals surface area contributed by atoms with Crippen molar-refractivity contribution in [2.45, 2.75) is 276 Å². The Kier molecular flexibility index (Phi) is 45.9. The lowest BCUT2D eigenvalue weighted by Gasteiger charge is -2.27. The maximum absolute atomic E-state index is 12.6. The number of aliphatic hydroxyl groups excluding tert-OH is 4. The Labute approximate surface area is 366 Å². The molecule has 0 aromatic rings. The molecule has 1 amide bonds. The molecule has 0 rings (SSSR count). The number of rotatable bonds is 46. The Balaban J connectivity index is 3.78. The first-order valence-electron chi connectivity index (χ1n) is 25.5. The standard InChI is InChI=1S/C53H99NO5/c1-3-5-7-9-11-13-15-17-19-21-23-25-26-27-29-30-32-34-36-38-40-42-44-46-50(56)52(58)49(48-55)54-53(59)51(57)47-45-43-41-39-37-35-33-31-28-24-22-20-18-16-14-12-10-8-6-4-2/h25-26,28,30-32,38,40,49-52,55-58H,3-24,27,29,33-37,39,41-48H2,1-2H3,(H,54,59)/b26-25+,31-28-,32-30+,40-38+. The van der Waals surface area contributed by atoms with Crippen LogP contribution in [0.2, 0.25) is 0 Å². The third-order valence-electron chi connectivity index (χ3n) is 11.7. The van der Waals surface area contributed by atoms with Gasteiger partial charge in [0.05, 0.1) is 18.8 Å². The van der Waals surface area contributed by atoms with Gasteiger partial charge in [0.2, 0.25) is 5.91 Å². The van der Waals surface area contributed by atoms with E-state index in [1.165, 1.54) is 154 Å². The highest BCUT2D eigenvalue weighted by Gasteiger charge is 2.28. The molecule has 0 fully saturated rings. The first-order valence-corrected chi connectivity index (χ1v) is 25.5. The Bertz CT molecular complexity index is 977. The average molecular weight is 830 g/mol. The molecule has 0 saturated carbocycles. The van der Waals surface area contributed by atoms with Gasteiger partial charge in [-0.05, 0) is 89.9 Å². The number of hydrogen-bond acceptors (Lipinski definition) is 5. The van der Waals surface area contributed by atoms with Crippen LogP contribution in [-0.4, -0.2) is 57.3 Å². The first-order chi connectivity index (χ1) is 29.0. The predicted octanol–water partition coefficient (Wildman–Crippen LogP) is 14.2. The zero-order chi connectivity index (χ0) is 43.1. The highest BCUT2D eigenvalue weighted by Crippen LogP contribution is 2.15. The van der Waals surface area contributed by atoms with Crippen LogP contribution < -0.4 is 5.32 Å². The molecule has 0 aliphatic carbocycles. The van der Waals surface area contributed by atoms with Crippen molar-refractivity contribution in [3.05, 3.63) is 48.6 Å². The summed E-state index contributed by atoms with van der Waals surface area (Å²) in [5.41, 5.74) is 0. The Morgan fingerprint density at radius 1 is 0.407 bits per heavy atom. The van der Waals surface area contributed by atoms with Crippen molar-refractivity contribution in [3.63, 3.8) is 0 Å². The number of aliphatic hydroxyl groups is 4. The zero-order valence-corrected chi connectivity index (χ0v) is 39.0. The van der Waals surface area contributed by atoms with E-state index in [1.807, 2.05) is 0 Å². The van der Waals surface area contributed by atoms with E-state index in [-0.39, 0.29) is 0 Å². The van der Waals surface area contributed by atoms with Gasteiger partial charge in [0, 0.05) is 0 Å². The molecule has 0 aliphatic rings. The minimum absolute atomic E-state index is 0.351. The van der Waals surface area contributed by atoms with Crippen LogP contribution in [-0.2, 0) is 4.79 Å². The van der Waals surface area contributed by atoms with E-state index in [2.05, 4.69) is 67.8 Å². The summed E-state index contributed by atoms with van der Waals surface area (Å²) in [5.74, 6) is -0.604. The number of allylic oxidation sites excluding steroid dienone is 8. The SMILES string of the molecule is CCCCCCCCCCCC/C=C\CCCCCCCCC(O)C(=O)NC(CO)C(O)C(O)CCC/C=C/CC/C=C/CC/C=C/CCCCCCCCCCCC. The van der Waals surface area contributed by atoms with Gasteiger partial charge >= 0.3 is 0 Å². The first kappa shape index (κ1) is 57.3. The van der Waals surface area contributed by atoms with Crippen molar-refractivity contribution in [3.8, 4) is 0 Å². The number of hydrogen-bond donors (Lipinski definition) is 5. The summed E-state index contributed by atoms with van der Waals surface area (Å²) >= 11 is 0. The molecule has 0 aliphatic heterocycles. The molecule has 0 spiro atoms. The molecule has 6 heteroatoms. The van der Waals surface area contributed by atoms with Crippen molar-refractivity contribution in [1.29, 1.82) is 0 Å². The van der Waals surface area contributed by atoms with Gasteiger partial charge in [-0.3, -0.25) is 4.79 Å². The van der Waals surface area contributed by atoms with E-state index in [9.17, 15) is 25.2 Å². The molecule has 0 radical (unpaired) electrons. The van der Waals surface area contributed by atoms with Gasteiger partial charge in [0.15, 0.2) is 0 Å². The average Bonchev–Trinajstić information content (AvgIpc) is 3.24. The largest absolute Gasteiger partial charge is 0.394 e. The second-order valence-electron chi connectivity index (χ2n) is 17.5. The molecule has 59 heavy (non-hydrogen) atoms. The van der Waals surface area contributed by atoms with Crippen LogP contribution in [0.4, 0.5) is 0 Å². The van der Waals surface area contributed by atoms with Crippen molar-refractivity contribution < 1.29 is 25.2 Å². The predicted molar refractivity (Wildman–Crippen MR) is 256 cm³/mol. The fourth-order valence-corrected chi connectivity index (χ4v) is 7.67. The number of nitrogens with one attached hydrogen (secondary N) is 1. The highest BCUT2D eigenvalue weighted by molar-refractivity contribution is 5.80. The molecule has 0 aromatic heterocycles. The fourth-order valence-electron chi connectivity index (χ4n) is 7.67. The summed E-state index contributed by atoms with van der Waals surface area (Å²) in [4.78, 5) is 12.6. The zero-order valence-electron chi connectivity index (χ0n) is 39.0. The van der Waals surface area contributed by atoms with E-state index >= 15 is 0 Å². The lowest BCUT2D eigenvalue weighted by atomic mass is 10.00. The van der Waals surface area contributed by atoms with Crippen LogP contribution >= 0.6 is 0 Å². The summed E-state index contributed by atoms with van der Waals surface area (Å²) in [6.45, 7) is 4.05. The Morgan fingerprint density at radius 3 is 1.07 bits per heavy atom. The van der Waals surface area contributed by atoms with Crippen molar-refractivity contribution in [1.82, 2.24) is 5.32 Å². The molecule has 346 valence electrons. The summed E-state index contributed by atoms with van der Waals surface area (Å²) in [5, 5.41) is 43.8. The Morgan fingerprint density at radius 2 is 0.712 bits per heavy atom. The second-order valence-corrected chi connectivity index (χ2v) is 17.5. The monoisotopic (exact) mass is 830 g/mol. The maximum Gasteiger partial charge on any atom is 0.249 e. The third-order valence-corrected chi connectivity index (χ3v) is 11.7.